The molecule has 1 amide bonds. The summed E-state index contributed by atoms with van der Waals surface area (Å²) >= 11 is 0. The molecule has 2 heterocycles. The second kappa shape index (κ2) is 42.7. The molecule has 0 bridgehead atoms. The van der Waals surface area contributed by atoms with E-state index in [4.69, 9.17) is 18.9 Å². The summed E-state index contributed by atoms with van der Waals surface area (Å²) in [6, 6.07) is -0.977. The lowest BCUT2D eigenvalue weighted by molar-refractivity contribution is -0.359. The molecule has 9 N–H and O–H groups in total. The fraction of sp³-hybridized carbons (Fsp3) is 0.638. The summed E-state index contributed by atoms with van der Waals surface area (Å²) in [6.07, 6.45) is 43.8. The summed E-state index contributed by atoms with van der Waals surface area (Å²) in [5, 5.41) is 86.8. The Balaban J connectivity index is 1.87. The molecule has 14 heteroatoms. The normalized spacial score (nSPS) is 26.6. The van der Waals surface area contributed by atoms with Gasteiger partial charge in [0.1, 0.15) is 48.8 Å². The Labute approximate surface area is 431 Å². The van der Waals surface area contributed by atoms with E-state index in [1.54, 1.807) is 6.08 Å². The number of rotatable bonds is 39. The molecule has 14 nitrogen and oxygen atoms in total. The van der Waals surface area contributed by atoms with Crippen LogP contribution in [-0.4, -0.2) is 140 Å². The van der Waals surface area contributed by atoms with Crippen molar-refractivity contribution in [2.45, 2.75) is 216 Å². The Morgan fingerprint density at radius 2 is 0.972 bits per heavy atom. The molecule has 72 heavy (non-hydrogen) atoms. The van der Waals surface area contributed by atoms with Crippen LogP contribution in [0.15, 0.2) is 122 Å². The lowest BCUT2D eigenvalue weighted by Crippen LogP contribution is -2.65. The van der Waals surface area contributed by atoms with Gasteiger partial charge in [-0.05, 0) is 96.3 Å². The van der Waals surface area contributed by atoms with E-state index in [9.17, 15) is 45.6 Å². The smallest absolute Gasteiger partial charge is 0.220 e. The highest BCUT2D eigenvalue weighted by Gasteiger charge is 2.51. The highest BCUT2D eigenvalue weighted by molar-refractivity contribution is 5.76. The van der Waals surface area contributed by atoms with Crippen LogP contribution in [-0.2, 0) is 23.7 Å². The number of aliphatic hydroxyl groups excluding tert-OH is 8. The number of unbranched alkanes of at least 4 members (excludes halogenated alkanes) is 8. The zero-order valence-corrected chi connectivity index (χ0v) is 43.4. The van der Waals surface area contributed by atoms with Gasteiger partial charge in [-0.15, -0.1) is 0 Å². The molecule has 0 aromatic rings. The summed E-state index contributed by atoms with van der Waals surface area (Å²) < 4.78 is 22.6. The number of carbonyl (C=O) groups is 1. The topological polar surface area (TPSA) is 228 Å². The highest BCUT2D eigenvalue weighted by Crippen LogP contribution is 2.30. The van der Waals surface area contributed by atoms with Crippen molar-refractivity contribution >= 4 is 5.91 Å². The Morgan fingerprint density at radius 1 is 0.514 bits per heavy atom. The summed E-state index contributed by atoms with van der Waals surface area (Å²) in [4.78, 5) is 13.2. The number of allylic oxidation sites excluding steroid dienone is 19. The molecule has 12 atom stereocenters. The van der Waals surface area contributed by atoms with E-state index in [0.717, 1.165) is 70.6 Å². The maximum atomic E-state index is 13.2. The standard InChI is InChI=1S/C58H93NO13/c1-3-5-7-9-11-13-15-17-19-20-21-22-23-24-25-26-28-30-32-34-36-38-40-42-50(63)59-46(47(62)41-39-37-35-33-31-29-27-18-16-14-12-10-8-6-4-2)45-69-57-55(68)53(66)56(49(44-61)71-57)72-58-54(67)52(65)51(64)48(43-60)70-58/h5,7,11,13,16-19,21-22,24-25,28,30-31,33-34,36,39,41,46-49,51-58,60-62,64-68H,3-4,6,8-10,12,14-15,20,23,26-27,29,32,35,37-38,40,42-45H2,1-2H3,(H,59,63)/b7-5-,13-11-,18-16+,19-17-,22-21-,25-24-,30-28-,33-31+,36-34-,41-39+. The summed E-state index contributed by atoms with van der Waals surface area (Å²) in [5.74, 6) is -0.318. The van der Waals surface area contributed by atoms with Gasteiger partial charge in [0.15, 0.2) is 12.6 Å². The zero-order valence-electron chi connectivity index (χ0n) is 43.4. The zero-order chi connectivity index (χ0) is 52.4. The van der Waals surface area contributed by atoms with Gasteiger partial charge in [-0.25, -0.2) is 0 Å². The molecular weight excluding hydrogens is 919 g/mol. The van der Waals surface area contributed by atoms with Crippen LogP contribution in [0.2, 0.25) is 0 Å². The predicted octanol–water partition coefficient (Wildman–Crippen LogP) is 7.88. The summed E-state index contributed by atoms with van der Waals surface area (Å²) in [6.45, 7) is 2.56. The number of hydrogen-bond acceptors (Lipinski definition) is 13. The molecule has 0 radical (unpaired) electrons. The fourth-order valence-electron chi connectivity index (χ4n) is 7.78. The molecule has 0 aromatic heterocycles. The molecule has 0 aromatic carbocycles. The molecule has 408 valence electrons. The number of hydrogen-bond donors (Lipinski definition) is 9. The molecule has 0 aliphatic carbocycles. The maximum absolute atomic E-state index is 13.2. The van der Waals surface area contributed by atoms with E-state index in [1.807, 2.05) is 12.2 Å². The highest BCUT2D eigenvalue weighted by atomic mass is 16.7. The van der Waals surface area contributed by atoms with Crippen molar-refractivity contribution in [3.05, 3.63) is 122 Å². The van der Waals surface area contributed by atoms with Crippen molar-refractivity contribution in [3.63, 3.8) is 0 Å². The van der Waals surface area contributed by atoms with Crippen LogP contribution in [0.5, 0.6) is 0 Å². The quantitative estimate of drug-likeness (QED) is 0.0211. The number of aliphatic hydroxyl groups is 8. The van der Waals surface area contributed by atoms with Gasteiger partial charge in [-0.1, -0.05) is 161 Å². The Bertz CT molecular complexity index is 1670. The monoisotopic (exact) mass is 1010 g/mol. The molecule has 2 aliphatic rings. The average Bonchev–Trinajstić information content (AvgIpc) is 3.38. The van der Waals surface area contributed by atoms with Crippen molar-refractivity contribution in [1.29, 1.82) is 0 Å². The van der Waals surface area contributed by atoms with Crippen LogP contribution in [0, 0.1) is 0 Å². The molecule has 0 saturated carbocycles. The second-order valence-electron chi connectivity index (χ2n) is 18.2. The summed E-state index contributed by atoms with van der Waals surface area (Å²) in [7, 11) is 0. The lowest BCUT2D eigenvalue weighted by Gasteiger charge is -2.46. The van der Waals surface area contributed by atoms with Crippen LogP contribution in [0.3, 0.4) is 0 Å². The van der Waals surface area contributed by atoms with E-state index in [1.165, 1.54) is 32.1 Å². The second-order valence-corrected chi connectivity index (χ2v) is 18.2. The first-order chi connectivity index (χ1) is 35.1. The van der Waals surface area contributed by atoms with Gasteiger partial charge < -0.3 is 65.1 Å². The van der Waals surface area contributed by atoms with Crippen molar-refractivity contribution < 1.29 is 64.6 Å². The minimum absolute atomic E-state index is 0.182. The van der Waals surface area contributed by atoms with Crippen molar-refractivity contribution in [1.82, 2.24) is 5.32 Å². The third-order valence-electron chi connectivity index (χ3n) is 12.1. The molecular formula is C58H93NO13. The molecule has 2 fully saturated rings. The first kappa shape index (κ1) is 64.5. The van der Waals surface area contributed by atoms with Gasteiger partial charge in [0.25, 0.3) is 0 Å². The molecule has 12 unspecified atom stereocenters. The number of amides is 1. The van der Waals surface area contributed by atoms with E-state index in [0.29, 0.717) is 19.3 Å². The number of ether oxygens (including phenoxy) is 4. The maximum Gasteiger partial charge on any atom is 0.220 e. The van der Waals surface area contributed by atoms with Crippen molar-refractivity contribution in [3.8, 4) is 0 Å². The Kier molecular flexibility index (Phi) is 38.3. The van der Waals surface area contributed by atoms with Crippen LogP contribution >= 0.6 is 0 Å². The fourth-order valence-corrected chi connectivity index (χ4v) is 7.78. The van der Waals surface area contributed by atoms with Crippen LogP contribution in [0.25, 0.3) is 0 Å². The molecule has 2 rings (SSSR count). The minimum Gasteiger partial charge on any atom is -0.394 e. The van der Waals surface area contributed by atoms with Gasteiger partial charge >= 0.3 is 0 Å². The van der Waals surface area contributed by atoms with Gasteiger partial charge in [0.2, 0.25) is 5.91 Å². The van der Waals surface area contributed by atoms with Gasteiger partial charge in [-0.2, -0.15) is 0 Å². The van der Waals surface area contributed by atoms with E-state index >= 15 is 0 Å². The van der Waals surface area contributed by atoms with Gasteiger partial charge in [0.05, 0.1) is 32.0 Å². The van der Waals surface area contributed by atoms with E-state index < -0.39 is 86.8 Å². The average molecular weight is 1010 g/mol. The van der Waals surface area contributed by atoms with Gasteiger partial charge in [-0.3, -0.25) is 4.79 Å². The van der Waals surface area contributed by atoms with Crippen LogP contribution in [0.4, 0.5) is 0 Å². The Morgan fingerprint density at radius 3 is 1.51 bits per heavy atom. The van der Waals surface area contributed by atoms with Crippen LogP contribution in [0.1, 0.15) is 142 Å². The van der Waals surface area contributed by atoms with Gasteiger partial charge in [0, 0.05) is 6.42 Å². The summed E-state index contributed by atoms with van der Waals surface area (Å²) in [5.41, 5.74) is 0. The largest absolute Gasteiger partial charge is 0.394 e. The number of nitrogens with one attached hydrogen (secondary N) is 1. The molecule has 2 aliphatic heterocycles. The van der Waals surface area contributed by atoms with Crippen molar-refractivity contribution in [2.24, 2.45) is 0 Å². The predicted molar refractivity (Wildman–Crippen MR) is 285 cm³/mol. The first-order valence-electron chi connectivity index (χ1n) is 26.8. The molecule has 0 spiro atoms. The van der Waals surface area contributed by atoms with Crippen LogP contribution < -0.4 is 5.32 Å². The minimum atomic E-state index is -1.80. The van der Waals surface area contributed by atoms with E-state index in [-0.39, 0.29) is 18.9 Å². The third kappa shape index (κ3) is 28.7. The van der Waals surface area contributed by atoms with Crippen molar-refractivity contribution in [2.75, 3.05) is 19.8 Å². The molecule has 2 saturated heterocycles. The Hall–Kier alpha value is -3.61. The SMILES string of the molecule is CC/C=C\C/C=C\C/C=C\C/C=C\C/C=C\C/C=C\C/C=C\CCCC(=O)NC(COC1OC(CO)C(OC2OC(CO)C(O)C(O)C2O)C(O)C1O)C(O)/C=C/CC/C=C/CC/C=C/CCCCCCC. The third-order valence-corrected chi connectivity index (χ3v) is 12.1. The number of carbonyl (C=O) groups excluding carboxylic acids is 1. The lowest BCUT2D eigenvalue weighted by atomic mass is 9.97. The van der Waals surface area contributed by atoms with E-state index in [2.05, 4.69) is 122 Å². The first-order valence-corrected chi connectivity index (χ1v) is 26.8.